The molecule has 0 aliphatic carbocycles. The number of benzene rings is 1. The number of fused-ring (bicyclic) bond motifs is 2. The lowest BCUT2D eigenvalue weighted by atomic mass is 10.1. The van der Waals surface area contributed by atoms with Gasteiger partial charge in [-0.25, -0.2) is 0 Å². The molecule has 5 nitrogen and oxygen atoms in total. The zero-order valence-corrected chi connectivity index (χ0v) is 25.7. The van der Waals surface area contributed by atoms with Gasteiger partial charge in [0.15, 0.2) is 4.77 Å². The van der Waals surface area contributed by atoms with Crippen LogP contribution in [-0.2, 0) is 22.4 Å². The van der Waals surface area contributed by atoms with Gasteiger partial charge in [-0.05, 0) is 41.2 Å². The molecule has 192 valence electrons. The molecule has 0 amide bonds. The Morgan fingerprint density at radius 2 is 1.38 bits per heavy atom. The number of hydrogen-bond donors (Lipinski definition) is 0. The van der Waals surface area contributed by atoms with Crippen molar-refractivity contribution in [2.24, 2.45) is 0 Å². The normalized spacial score (nSPS) is 31.2. The quantitative estimate of drug-likeness (QED) is 0.350. The Balaban J connectivity index is 1.64. The van der Waals surface area contributed by atoms with E-state index >= 15 is 0 Å². The third kappa shape index (κ3) is 4.86. The van der Waals surface area contributed by atoms with Crippen LogP contribution in [0.25, 0.3) is 0 Å². The first-order valence-electron chi connectivity index (χ1n) is 12.7. The molecule has 0 N–H and O–H groups in total. The molecule has 0 bridgehead atoms. The molecule has 2 saturated heterocycles. The van der Waals surface area contributed by atoms with Crippen LogP contribution in [0.3, 0.4) is 0 Å². The van der Waals surface area contributed by atoms with Crippen LogP contribution >= 0.6 is 23.5 Å². The molecule has 4 rings (SSSR count). The molecule has 0 radical (unpaired) electrons. The third-order valence-electron chi connectivity index (χ3n) is 7.44. The van der Waals surface area contributed by atoms with Gasteiger partial charge in [-0.1, -0.05) is 91.0 Å². The van der Waals surface area contributed by atoms with Crippen LogP contribution in [-0.4, -0.2) is 52.9 Å². The van der Waals surface area contributed by atoms with Crippen molar-refractivity contribution in [1.29, 1.82) is 0 Å². The van der Waals surface area contributed by atoms with Crippen molar-refractivity contribution in [2.45, 2.75) is 123 Å². The van der Waals surface area contributed by atoms with Gasteiger partial charge in [0.25, 0.3) is 0 Å². The smallest absolute Gasteiger partial charge is 0.335 e. The predicted octanol–water partition coefficient (Wildman–Crippen LogP) is 7.30. The monoisotopic (exact) mass is 542 g/mol. The molecule has 3 aliphatic rings. The Bertz CT molecular complexity index is 811. The fourth-order valence-corrected chi connectivity index (χ4v) is 19.3. The Labute approximate surface area is 216 Å². The van der Waals surface area contributed by atoms with Crippen molar-refractivity contribution < 1.29 is 22.4 Å². The molecule has 1 unspecified atom stereocenters. The van der Waals surface area contributed by atoms with Gasteiger partial charge in [-0.2, -0.15) is 0 Å². The number of hydrogen-bond acceptors (Lipinski definition) is 7. The molecule has 0 aromatic heterocycles. The highest BCUT2D eigenvalue weighted by Gasteiger charge is 2.61. The summed E-state index contributed by atoms with van der Waals surface area (Å²) in [6.07, 6.45) is -0.561. The molecule has 9 heteroatoms. The van der Waals surface area contributed by atoms with Crippen LogP contribution in [0, 0.1) is 0 Å². The van der Waals surface area contributed by atoms with E-state index in [1.807, 2.05) is 0 Å². The first-order valence-corrected chi connectivity index (χ1v) is 18.5. The number of thioether (sulfide) groups is 2. The van der Waals surface area contributed by atoms with Gasteiger partial charge in [-0.15, -0.1) is 0 Å². The summed E-state index contributed by atoms with van der Waals surface area (Å²) in [6, 6.07) is 8.51. The van der Waals surface area contributed by atoms with Gasteiger partial charge in [-0.3, -0.25) is 0 Å². The van der Waals surface area contributed by atoms with Crippen molar-refractivity contribution in [3.8, 4) is 0 Å². The van der Waals surface area contributed by atoms with Gasteiger partial charge in [0.1, 0.15) is 18.3 Å². The van der Waals surface area contributed by atoms with Gasteiger partial charge in [0.05, 0.1) is 12.7 Å². The van der Waals surface area contributed by atoms with Gasteiger partial charge < -0.3 is 22.4 Å². The molecular formula is C25H42O5S2Si2. The van der Waals surface area contributed by atoms with E-state index < -0.39 is 17.1 Å². The standard InChI is InChI=1S/C25H42O5S2Si2/c1-15(2)33(16(3)4)26-14-20-24(29-34(30-33,17(5)6)18(7)8)23(19(9)27-20)28-25-31-21-12-10-11-13-22(21)32-25/h10-13,15-20,23-25H,14H2,1-9H3/t19-,20+,23?,24-/m0/s1. The van der Waals surface area contributed by atoms with Crippen molar-refractivity contribution in [3.63, 3.8) is 0 Å². The van der Waals surface area contributed by atoms with Crippen LogP contribution in [0.2, 0.25) is 22.2 Å². The summed E-state index contributed by atoms with van der Waals surface area (Å²) < 4.78 is 34.7. The second-order valence-electron chi connectivity index (χ2n) is 11.0. The van der Waals surface area contributed by atoms with Crippen molar-refractivity contribution in [1.82, 2.24) is 0 Å². The molecule has 0 saturated carbocycles. The molecule has 34 heavy (non-hydrogen) atoms. The Morgan fingerprint density at radius 1 is 0.853 bits per heavy atom. The molecule has 3 heterocycles. The lowest BCUT2D eigenvalue weighted by Gasteiger charge is -2.51. The van der Waals surface area contributed by atoms with E-state index in [2.05, 4.69) is 86.6 Å². The fourth-order valence-electron chi connectivity index (χ4n) is 5.57. The van der Waals surface area contributed by atoms with Gasteiger partial charge >= 0.3 is 17.1 Å². The topological polar surface area (TPSA) is 46.2 Å². The van der Waals surface area contributed by atoms with Gasteiger partial charge in [0, 0.05) is 9.79 Å². The van der Waals surface area contributed by atoms with Gasteiger partial charge in [0.2, 0.25) is 0 Å². The first-order chi connectivity index (χ1) is 16.0. The van der Waals surface area contributed by atoms with Crippen LogP contribution in [0.5, 0.6) is 0 Å². The van der Waals surface area contributed by atoms with Crippen molar-refractivity contribution in [2.75, 3.05) is 6.61 Å². The van der Waals surface area contributed by atoms with E-state index in [0.29, 0.717) is 17.7 Å². The van der Waals surface area contributed by atoms with E-state index in [9.17, 15) is 0 Å². The molecule has 1 aromatic carbocycles. The Hall–Kier alpha value is 0.154. The van der Waals surface area contributed by atoms with Crippen LogP contribution in [0.1, 0.15) is 62.3 Å². The van der Waals surface area contributed by atoms with Crippen LogP contribution in [0.15, 0.2) is 34.1 Å². The molecule has 0 spiro atoms. The summed E-state index contributed by atoms with van der Waals surface area (Å²) >= 11 is 3.56. The number of ether oxygens (including phenoxy) is 2. The van der Waals surface area contributed by atoms with E-state index in [4.69, 9.17) is 22.4 Å². The average Bonchev–Trinajstić information content (AvgIpc) is 3.28. The van der Waals surface area contributed by atoms with E-state index in [1.165, 1.54) is 9.79 Å². The minimum absolute atomic E-state index is 0.00274. The molecule has 2 fully saturated rings. The summed E-state index contributed by atoms with van der Waals surface area (Å²) in [4.78, 5) is 2.56. The lowest BCUT2D eigenvalue weighted by molar-refractivity contribution is -0.0409. The molecular weight excluding hydrogens is 501 g/mol. The van der Waals surface area contributed by atoms with Crippen molar-refractivity contribution >= 4 is 40.6 Å². The van der Waals surface area contributed by atoms with E-state index in [-0.39, 0.29) is 40.3 Å². The van der Waals surface area contributed by atoms with E-state index in [0.717, 1.165) is 0 Å². The summed E-state index contributed by atoms with van der Waals surface area (Å²) in [5.74, 6) is 0. The number of rotatable bonds is 6. The molecule has 3 aliphatic heterocycles. The zero-order chi connectivity index (χ0) is 24.8. The van der Waals surface area contributed by atoms with E-state index in [1.54, 1.807) is 23.5 Å². The third-order valence-corrected chi connectivity index (χ3v) is 20.2. The summed E-state index contributed by atoms with van der Waals surface area (Å²) in [7, 11) is -5.25. The minimum Gasteiger partial charge on any atom is -0.414 e. The average molecular weight is 543 g/mol. The maximum absolute atomic E-state index is 7.34. The zero-order valence-electron chi connectivity index (χ0n) is 22.1. The lowest BCUT2D eigenvalue weighted by Crippen LogP contribution is -2.66. The molecule has 1 aromatic rings. The first kappa shape index (κ1) is 27.2. The predicted molar refractivity (Wildman–Crippen MR) is 145 cm³/mol. The second kappa shape index (κ2) is 10.5. The van der Waals surface area contributed by atoms with Crippen molar-refractivity contribution in [3.05, 3.63) is 24.3 Å². The summed E-state index contributed by atoms with van der Waals surface area (Å²) in [5, 5.41) is 0. The SMILES string of the molecule is CC(C)[Si]1(C(C)C)OC[C@H]2O[C@@H](C)C(OC3Sc4ccccc4S3)[C@H]2O[Si](C(C)C)(C(C)C)O1. The minimum atomic E-state index is -2.69. The highest BCUT2D eigenvalue weighted by atomic mass is 32.2. The largest absolute Gasteiger partial charge is 0.414 e. The highest BCUT2D eigenvalue weighted by molar-refractivity contribution is 8.19. The fraction of sp³-hybridized carbons (Fsp3) is 0.760. The van der Waals surface area contributed by atoms with Crippen LogP contribution in [0.4, 0.5) is 0 Å². The summed E-state index contributed by atoms with van der Waals surface area (Å²) in [5.41, 5.74) is 1.23. The summed E-state index contributed by atoms with van der Waals surface area (Å²) in [6.45, 7) is 20.7. The highest BCUT2D eigenvalue weighted by Crippen LogP contribution is 2.51. The maximum atomic E-state index is 7.34. The molecule has 4 atom stereocenters. The Kier molecular flexibility index (Phi) is 8.39. The second-order valence-corrected chi connectivity index (χ2v) is 22.4. The Morgan fingerprint density at radius 3 is 1.88 bits per heavy atom. The maximum Gasteiger partial charge on any atom is 0.335 e. The van der Waals surface area contributed by atoms with Crippen LogP contribution < -0.4 is 0 Å².